The number of benzene rings is 1. The van der Waals surface area contributed by atoms with Gasteiger partial charge in [0.05, 0.1) is 24.7 Å². The number of esters is 1. The molecule has 11 heteroatoms. The molecule has 264 valence electrons. The summed E-state index contributed by atoms with van der Waals surface area (Å²) >= 11 is 0. The molecule has 2 bridgehead atoms. The summed E-state index contributed by atoms with van der Waals surface area (Å²) in [6, 6.07) is 3.72. The summed E-state index contributed by atoms with van der Waals surface area (Å²) in [5, 5.41) is 2.88. The lowest BCUT2D eigenvalue weighted by Crippen LogP contribution is -2.58. The minimum absolute atomic E-state index is 0.116. The number of fused-ring (bicyclic) bond motifs is 5. The van der Waals surface area contributed by atoms with E-state index in [4.69, 9.17) is 28.9 Å². The zero-order valence-corrected chi connectivity index (χ0v) is 30.1. The van der Waals surface area contributed by atoms with E-state index in [1.165, 1.54) is 0 Å². The molecule has 1 unspecified atom stereocenters. The standard InChI is InChI=1S/C37H54N4O7/c1-21(2)17-24-29-20-41(30(24)34(43)48-37(6,7)8)33(42)31(36(3,4)5)40-35(44)47-28-18-22(28)13-11-10-12-14-26-32(46-29)39-27-19-23(45-9)15-16-25(27)38-26/h15-16,19,21-22,24,28-31H,10-14,17-18,20H2,1-9H3,(H,40,44)/t22-,24?,28-,29+,30+,31-/m1/s1. The highest BCUT2D eigenvalue weighted by molar-refractivity contribution is 5.91. The first-order valence-electron chi connectivity index (χ1n) is 17.6. The second-order valence-corrected chi connectivity index (χ2v) is 16.2. The van der Waals surface area contributed by atoms with Crippen LogP contribution in [0.2, 0.25) is 0 Å². The quantitative estimate of drug-likeness (QED) is 0.377. The summed E-state index contributed by atoms with van der Waals surface area (Å²) in [4.78, 5) is 53.4. The van der Waals surface area contributed by atoms with Crippen LogP contribution in [0.4, 0.5) is 4.79 Å². The Labute approximate surface area is 284 Å². The number of nitrogens with zero attached hydrogens (tertiary/aromatic N) is 3. The molecule has 1 N–H and O–H groups in total. The van der Waals surface area contributed by atoms with Crippen molar-refractivity contribution in [3.8, 4) is 11.6 Å². The van der Waals surface area contributed by atoms with Crippen LogP contribution in [0.25, 0.3) is 11.0 Å². The van der Waals surface area contributed by atoms with Crippen molar-refractivity contribution in [1.82, 2.24) is 20.2 Å². The third kappa shape index (κ3) is 8.50. The fourth-order valence-electron chi connectivity index (χ4n) is 6.95. The SMILES string of the molecule is COc1ccc2nc3c(nc2c1)O[C@H]1CN(C(=O)[C@H](C(C)(C)C)NC(=O)O[C@@H]2C[C@H]2CCCCC3)[C@H](C(=O)OC(C)(C)C)C1CC(C)C. The number of carbonyl (C=O) groups excluding carboxylic acids is 3. The number of aromatic nitrogens is 2. The van der Waals surface area contributed by atoms with E-state index in [0.717, 1.165) is 43.3 Å². The number of amides is 2. The van der Waals surface area contributed by atoms with Gasteiger partial charge in [-0.05, 0) is 82.3 Å². The van der Waals surface area contributed by atoms with E-state index in [1.54, 1.807) is 12.0 Å². The molecule has 3 heterocycles. The molecule has 1 aromatic carbocycles. The Balaban J connectivity index is 1.60. The van der Waals surface area contributed by atoms with Crippen LogP contribution >= 0.6 is 0 Å². The van der Waals surface area contributed by atoms with Gasteiger partial charge in [0.25, 0.3) is 0 Å². The largest absolute Gasteiger partial charge is 0.497 e. The summed E-state index contributed by atoms with van der Waals surface area (Å²) in [6.07, 6.45) is 4.62. The zero-order valence-electron chi connectivity index (χ0n) is 30.1. The molecule has 48 heavy (non-hydrogen) atoms. The molecule has 11 nitrogen and oxygen atoms in total. The molecule has 2 amide bonds. The van der Waals surface area contributed by atoms with E-state index in [9.17, 15) is 14.4 Å². The summed E-state index contributed by atoms with van der Waals surface area (Å²) in [5.41, 5.74) is 0.683. The van der Waals surface area contributed by atoms with Gasteiger partial charge in [0.15, 0.2) is 0 Å². The van der Waals surface area contributed by atoms with Crippen molar-refractivity contribution in [3.05, 3.63) is 23.9 Å². The Morgan fingerprint density at radius 3 is 2.44 bits per heavy atom. The third-order valence-corrected chi connectivity index (χ3v) is 9.42. The van der Waals surface area contributed by atoms with Crippen LogP contribution in [0, 0.1) is 23.2 Å². The van der Waals surface area contributed by atoms with Gasteiger partial charge in [-0.25, -0.2) is 19.6 Å². The predicted octanol–water partition coefficient (Wildman–Crippen LogP) is 6.25. The number of alkyl carbamates (subject to hydrolysis) is 1. The Morgan fingerprint density at radius 2 is 1.77 bits per heavy atom. The molecular weight excluding hydrogens is 612 g/mol. The molecule has 1 aliphatic carbocycles. The van der Waals surface area contributed by atoms with Crippen LogP contribution in [-0.2, 0) is 25.5 Å². The van der Waals surface area contributed by atoms with Gasteiger partial charge in [-0.2, -0.15) is 0 Å². The minimum atomic E-state index is -0.951. The number of carbonyl (C=O) groups is 3. The lowest BCUT2D eigenvalue weighted by molar-refractivity contribution is -0.165. The molecule has 2 aromatic rings. The average Bonchev–Trinajstić information content (AvgIpc) is 3.62. The van der Waals surface area contributed by atoms with E-state index >= 15 is 0 Å². The van der Waals surface area contributed by atoms with Gasteiger partial charge in [0, 0.05) is 12.0 Å². The minimum Gasteiger partial charge on any atom is -0.497 e. The molecule has 1 saturated heterocycles. The van der Waals surface area contributed by atoms with Crippen LogP contribution < -0.4 is 14.8 Å². The fraction of sp³-hybridized carbons (Fsp3) is 0.703. The number of ether oxygens (including phenoxy) is 4. The maximum absolute atomic E-state index is 14.6. The fourth-order valence-corrected chi connectivity index (χ4v) is 6.95. The van der Waals surface area contributed by atoms with Crippen molar-refractivity contribution >= 4 is 29.0 Å². The molecule has 2 aliphatic heterocycles. The second kappa shape index (κ2) is 14.1. The Morgan fingerprint density at radius 1 is 1.02 bits per heavy atom. The highest BCUT2D eigenvalue weighted by Gasteiger charge is 2.53. The molecule has 1 saturated carbocycles. The smallest absolute Gasteiger partial charge is 0.408 e. The lowest BCUT2D eigenvalue weighted by Gasteiger charge is -2.36. The molecule has 1 aromatic heterocycles. The van der Waals surface area contributed by atoms with Gasteiger partial charge < -0.3 is 29.2 Å². The predicted molar refractivity (Wildman–Crippen MR) is 182 cm³/mol. The number of hydrogen-bond acceptors (Lipinski definition) is 9. The number of methoxy groups -OCH3 is 1. The summed E-state index contributed by atoms with van der Waals surface area (Å²) in [6.45, 7) is 15.4. The van der Waals surface area contributed by atoms with E-state index in [1.807, 2.05) is 59.7 Å². The topological polar surface area (TPSA) is 129 Å². The van der Waals surface area contributed by atoms with Crippen LogP contribution in [0.15, 0.2) is 18.2 Å². The van der Waals surface area contributed by atoms with Gasteiger partial charge in [0.2, 0.25) is 11.8 Å². The van der Waals surface area contributed by atoms with Crippen molar-refractivity contribution in [2.75, 3.05) is 13.7 Å². The van der Waals surface area contributed by atoms with Crippen LogP contribution in [0.3, 0.4) is 0 Å². The highest BCUT2D eigenvalue weighted by Crippen LogP contribution is 2.40. The Kier molecular flexibility index (Phi) is 10.5. The van der Waals surface area contributed by atoms with E-state index in [-0.39, 0.29) is 24.5 Å². The van der Waals surface area contributed by atoms with Crippen LogP contribution in [0.1, 0.15) is 99.6 Å². The summed E-state index contributed by atoms with van der Waals surface area (Å²) < 4.78 is 24.0. The van der Waals surface area contributed by atoms with Crippen molar-refractivity contribution in [3.63, 3.8) is 0 Å². The average molecular weight is 667 g/mol. The normalized spacial score (nSPS) is 27.2. The van der Waals surface area contributed by atoms with Gasteiger partial charge in [-0.15, -0.1) is 0 Å². The third-order valence-electron chi connectivity index (χ3n) is 9.42. The molecular formula is C37H54N4O7. The van der Waals surface area contributed by atoms with Crippen LogP contribution in [0.5, 0.6) is 11.6 Å². The van der Waals surface area contributed by atoms with Gasteiger partial charge in [-0.3, -0.25) is 4.79 Å². The maximum atomic E-state index is 14.6. The van der Waals surface area contributed by atoms with Crippen LogP contribution in [-0.4, -0.2) is 76.4 Å². The summed E-state index contributed by atoms with van der Waals surface area (Å²) in [5.74, 6) is 0.301. The number of nitrogens with one attached hydrogen (secondary N) is 1. The van der Waals surface area contributed by atoms with E-state index in [2.05, 4.69) is 19.2 Å². The first-order valence-corrected chi connectivity index (χ1v) is 17.6. The van der Waals surface area contributed by atoms with E-state index < -0.39 is 47.2 Å². The zero-order chi connectivity index (χ0) is 35.0. The lowest BCUT2D eigenvalue weighted by atomic mass is 9.85. The van der Waals surface area contributed by atoms with Gasteiger partial charge in [-0.1, -0.05) is 47.5 Å². The second-order valence-electron chi connectivity index (χ2n) is 16.2. The monoisotopic (exact) mass is 666 g/mol. The van der Waals surface area contributed by atoms with Gasteiger partial charge >= 0.3 is 12.1 Å². The maximum Gasteiger partial charge on any atom is 0.408 e. The molecule has 3 aliphatic rings. The Hall–Kier alpha value is -3.63. The molecule has 0 spiro atoms. The first kappa shape index (κ1) is 35.7. The Bertz CT molecular complexity index is 1500. The van der Waals surface area contributed by atoms with Crippen molar-refractivity contribution in [2.45, 2.75) is 130 Å². The van der Waals surface area contributed by atoms with Crippen molar-refractivity contribution in [1.29, 1.82) is 0 Å². The molecule has 5 rings (SSSR count). The van der Waals surface area contributed by atoms with E-state index in [0.29, 0.717) is 35.9 Å². The number of hydrogen-bond donors (Lipinski definition) is 1. The van der Waals surface area contributed by atoms with Crippen molar-refractivity contribution < 1.29 is 33.3 Å². The molecule has 6 atom stereocenters. The molecule has 0 radical (unpaired) electrons. The van der Waals surface area contributed by atoms with Gasteiger partial charge in [0.1, 0.15) is 41.3 Å². The highest BCUT2D eigenvalue weighted by atomic mass is 16.6. The first-order chi connectivity index (χ1) is 22.5. The molecule has 2 fully saturated rings. The number of rotatable bonds is 4. The van der Waals surface area contributed by atoms with Crippen molar-refractivity contribution in [2.24, 2.45) is 23.2 Å². The summed E-state index contributed by atoms with van der Waals surface area (Å²) in [7, 11) is 1.61. The number of aryl methyl sites for hydroxylation is 1.